The lowest BCUT2D eigenvalue weighted by Gasteiger charge is -2.34. The summed E-state index contributed by atoms with van der Waals surface area (Å²) in [5.74, 6) is 0.522. The second-order valence-corrected chi connectivity index (χ2v) is 6.84. The van der Waals surface area contributed by atoms with Gasteiger partial charge in [0.25, 0.3) is 0 Å². The van der Waals surface area contributed by atoms with Gasteiger partial charge in [-0.15, -0.1) is 0 Å². The van der Waals surface area contributed by atoms with Gasteiger partial charge in [0.15, 0.2) is 0 Å². The Kier molecular flexibility index (Phi) is 6.24. The number of methoxy groups -OCH3 is 1. The molecule has 1 aromatic rings. The van der Waals surface area contributed by atoms with Gasteiger partial charge in [-0.05, 0) is 61.4 Å². The second kappa shape index (κ2) is 7.95. The molecule has 1 heterocycles. The Hall–Kier alpha value is -0.870. The Bertz CT molecular complexity index is 424. The Morgan fingerprint density at radius 3 is 2.67 bits per heavy atom. The highest BCUT2D eigenvalue weighted by molar-refractivity contribution is 7.07. The summed E-state index contributed by atoms with van der Waals surface area (Å²) in [6.07, 6.45) is 5.31. The van der Waals surface area contributed by atoms with Crippen LogP contribution >= 0.6 is 11.3 Å². The average molecular weight is 309 g/mol. The topological polar surface area (TPSA) is 29.5 Å². The molecule has 0 saturated heterocycles. The maximum absolute atomic E-state index is 12.9. The Balaban J connectivity index is 2.00. The molecule has 0 N–H and O–H groups in total. The smallest absolute Gasteiger partial charge is 0.226 e. The average Bonchev–Trinajstić information content (AvgIpc) is 3.04. The van der Waals surface area contributed by atoms with E-state index in [1.807, 2.05) is 0 Å². The molecule has 0 aromatic carbocycles. The molecule has 1 aromatic heterocycles. The Morgan fingerprint density at radius 1 is 1.43 bits per heavy atom. The minimum Gasteiger partial charge on any atom is -0.381 e. The lowest BCUT2D eigenvalue weighted by Crippen LogP contribution is -2.42. The predicted molar refractivity (Wildman–Crippen MR) is 87.4 cm³/mol. The summed E-state index contributed by atoms with van der Waals surface area (Å²) in [4.78, 5) is 15.0. The van der Waals surface area contributed by atoms with Crippen molar-refractivity contribution in [1.82, 2.24) is 4.90 Å². The van der Waals surface area contributed by atoms with Crippen molar-refractivity contribution < 1.29 is 9.53 Å². The van der Waals surface area contributed by atoms with E-state index in [0.717, 1.165) is 38.6 Å². The molecule has 2 rings (SSSR count). The van der Waals surface area contributed by atoms with E-state index < -0.39 is 0 Å². The molecule has 21 heavy (non-hydrogen) atoms. The summed E-state index contributed by atoms with van der Waals surface area (Å²) in [6.45, 7) is 5.06. The van der Waals surface area contributed by atoms with E-state index >= 15 is 0 Å². The van der Waals surface area contributed by atoms with Gasteiger partial charge in [-0.1, -0.05) is 6.92 Å². The molecule has 4 heteroatoms. The van der Waals surface area contributed by atoms with Gasteiger partial charge in [-0.2, -0.15) is 11.3 Å². The zero-order chi connectivity index (χ0) is 15.2. The van der Waals surface area contributed by atoms with E-state index in [1.54, 1.807) is 18.4 Å². The first-order valence-corrected chi connectivity index (χ1v) is 8.94. The largest absolute Gasteiger partial charge is 0.381 e. The third-order valence-electron chi connectivity index (χ3n) is 4.70. The molecule has 0 radical (unpaired) electrons. The van der Waals surface area contributed by atoms with Crippen LogP contribution in [0.2, 0.25) is 0 Å². The molecule has 0 unspecified atom stereocenters. The van der Waals surface area contributed by atoms with Gasteiger partial charge >= 0.3 is 0 Å². The number of thiophene rings is 1. The number of hydrogen-bond acceptors (Lipinski definition) is 3. The minimum atomic E-state index is 0.184. The van der Waals surface area contributed by atoms with Gasteiger partial charge in [0.1, 0.15) is 0 Å². The fraction of sp³-hybridized carbons (Fsp3) is 0.706. The van der Waals surface area contributed by atoms with E-state index in [4.69, 9.17) is 4.74 Å². The maximum Gasteiger partial charge on any atom is 0.226 e. The van der Waals surface area contributed by atoms with E-state index in [1.165, 1.54) is 5.56 Å². The molecule has 0 aliphatic heterocycles. The summed E-state index contributed by atoms with van der Waals surface area (Å²) < 4.78 is 5.41. The zero-order valence-electron chi connectivity index (χ0n) is 13.4. The van der Waals surface area contributed by atoms with Crippen LogP contribution in [0.1, 0.15) is 51.5 Å². The molecule has 0 spiro atoms. The summed E-state index contributed by atoms with van der Waals surface area (Å²) in [5.41, 5.74) is 1.25. The highest BCUT2D eigenvalue weighted by atomic mass is 32.1. The molecule has 3 nitrogen and oxygen atoms in total. The normalized spacial score (nSPS) is 23.8. The van der Waals surface area contributed by atoms with Gasteiger partial charge in [0.05, 0.1) is 6.10 Å². The molecule has 1 aliphatic carbocycles. The van der Waals surface area contributed by atoms with Gasteiger partial charge < -0.3 is 9.64 Å². The highest BCUT2D eigenvalue weighted by Gasteiger charge is 2.31. The molecular weight excluding hydrogens is 282 g/mol. The van der Waals surface area contributed by atoms with Crippen LogP contribution < -0.4 is 0 Å². The van der Waals surface area contributed by atoms with Crippen LogP contribution in [0.25, 0.3) is 0 Å². The van der Waals surface area contributed by atoms with Crippen LogP contribution in [0.5, 0.6) is 0 Å². The summed E-state index contributed by atoms with van der Waals surface area (Å²) in [5, 5.41) is 4.23. The molecule has 1 amide bonds. The zero-order valence-corrected chi connectivity index (χ0v) is 14.2. The van der Waals surface area contributed by atoms with Gasteiger partial charge in [0, 0.05) is 25.6 Å². The minimum absolute atomic E-state index is 0.184. The number of rotatable bonds is 6. The van der Waals surface area contributed by atoms with Crippen molar-refractivity contribution in [3.63, 3.8) is 0 Å². The fourth-order valence-corrected chi connectivity index (χ4v) is 3.69. The Morgan fingerprint density at radius 2 is 2.14 bits per heavy atom. The lowest BCUT2D eigenvalue weighted by molar-refractivity contribution is -0.140. The molecule has 0 bridgehead atoms. The van der Waals surface area contributed by atoms with Gasteiger partial charge in [-0.25, -0.2) is 0 Å². The van der Waals surface area contributed by atoms with Crippen LogP contribution in [0.4, 0.5) is 0 Å². The van der Waals surface area contributed by atoms with E-state index in [-0.39, 0.29) is 5.92 Å². The Labute approximate surface area is 132 Å². The van der Waals surface area contributed by atoms with Crippen molar-refractivity contribution in [2.75, 3.05) is 7.11 Å². The van der Waals surface area contributed by atoms with Crippen LogP contribution in [-0.4, -0.2) is 30.1 Å². The quantitative estimate of drug-likeness (QED) is 0.792. The second-order valence-electron chi connectivity index (χ2n) is 6.06. The van der Waals surface area contributed by atoms with Crippen molar-refractivity contribution >= 4 is 17.2 Å². The number of carbonyl (C=O) groups excluding carboxylic acids is 1. The van der Waals surface area contributed by atoms with Crippen LogP contribution in [-0.2, 0) is 16.1 Å². The van der Waals surface area contributed by atoms with Crippen LogP contribution in [0, 0.1) is 5.92 Å². The van der Waals surface area contributed by atoms with Crippen molar-refractivity contribution in [2.24, 2.45) is 5.92 Å². The van der Waals surface area contributed by atoms with Crippen molar-refractivity contribution in [3.05, 3.63) is 22.4 Å². The summed E-state index contributed by atoms with van der Waals surface area (Å²) in [7, 11) is 1.77. The molecule has 1 atom stereocenters. The first-order chi connectivity index (χ1) is 10.2. The van der Waals surface area contributed by atoms with Gasteiger partial charge in [-0.3, -0.25) is 4.79 Å². The molecule has 1 aliphatic rings. The fourth-order valence-electron chi connectivity index (χ4n) is 3.03. The van der Waals surface area contributed by atoms with Crippen molar-refractivity contribution in [3.8, 4) is 0 Å². The van der Waals surface area contributed by atoms with Crippen molar-refractivity contribution in [1.29, 1.82) is 0 Å². The first kappa shape index (κ1) is 16.5. The third-order valence-corrected chi connectivity index (χ3v) is 5.43. The number of amides is 1. The number of hydrogen-bond donors (Lipinski definition) is 0. The highest BCUT2D eigenvalue weighted by Crippen LogP contribution is 2.29. The van der Waals surface area contributed by atoms with Gasteiger partial charge in [0.2, 0.25) is 5.91 Å². The predicted octanol–water partition coefficient (Wildman–Crippen LogP) is 4.08. The van der Waals surface area contributed by atoms with E-state index in [2.05, 4.69) is 35.6 Å². The SMILES string of the molecule is CC[C@@H](C)N(Cc1ccsc1)C(=O)C1CCC(OC)CC1. The van der Waals surface area contributed by atoms with Crippen molar-refractivity contribution in [2.45, 2.75) is 64.6 Å². The van der Waals surface area contributed by atoms with Crippen LogP contribution in [0.3, 0.4) is 0 Å². The third kappa shape index (κ3) is 4.30. The maximum atomic E-state index is 12.9. The number of ether oxygens (including phenoxy) is 1. The molecule has 1 saturated carbocycles. The summed E-state index contributed by atoms with van der Waals surface area (Å²) >= 11 is 1.70. The van der Waals surface area contributed by atoms with E-state index in [0.29, 0.717) is 18.1 Å². The standard InChI is InChI=1S/C17H27NO2S/c1-4-13(2)18(11-14-9-10-21-12-14)17(19)15-5-7-16(20-3)8-6-15/h9-10,12-13,15-16H,4-8,11H2,1-3H3/t13-,15?,16?/m1/s1. The summed E-state index contributed by atoms with van der Waals surface area (Å²) in [6, 6.07) is 2.42. The first-order valence-electron chi connectivity index (χ1n) is 8.00. The molecule has 118 valence electrons. The monoisotopic (exact) mass is 309 g/mol. The van der Waals surface area contributed by atoms with E-state index in [9.17, 15) is 4.79 Å². The number of carbonyl (C=O) groups is 1. The molecule has 1 fully saturated rings. The lowest BCUT2D eigenvalue weighted by atomic mass is 9.86. The molecular formula is C17H27NO2S. The number of nitrogens with zero attached hydrogens (tertiary/aromatic N) is 1. The van der Waals surface area contributed by atoms with Crippen LogP contribution in [0.15, 0.2) is 16.8 Å².